The molecule has 0 atom stereocenters. The molecular formula is C16H26O2. The Kier molecular flexibility index (Phi) is 3.74. The molecule has 4 aliphatic carbocycles. The lowest BCUT2D eigenvalue weighted by molar-refractivity contribution is -0.108. The second-order valence-corrected chi connectivity index (χ2v) is 7.13. The van der Waals surface area contributed by atoms with Gasteiger partial charge >= 0.3 is 0 Å². The molecule has 4 rings (SSSR count). The third kappa shape index (κ3) is 2.64. The summed E-state index contributed by atoms with van der Waals surface area (Å²) in [5.74, 6) is 3.07. The van der Waals surface area contributed by atoms with Gasteiger partial charge in [-0.25, -0.2) is 0 Å². The fraction of sp³-hybridized carbons (Fsp3) is 0.938. The maximum atomic E-state index is 10.2. The van der Waals surface area contributed by atoms with E-state index in [2.05, 4.69) is 0 Å². The highest BCUT2D eigenvalue weighted by Crippen LogP contribution is 2.59. The fourth-order valence-corrected chi connectivity index (χ4v) is 5.19. The van der Waals surface area contributed by atoms with Gasteiger partial charge in [-0.05, 0) is 74.5 Å². The van der Waals surface area contributed by atoms with Crippen LogP contribution in [-0.4, -0.2) is 19.5 Å². The molecule has 0 aromatic heterocycles. The summed E-state index contributed by atoms with van der Waals surface area (Å²) in [5, 5.41) is 0. The third-order valence-corrected chi connectivity index (χ3v) is 5.43. The van der Waals surface area contributed by atoms with Crippen molar-refractivity contribution in [1.82, 2.24) is 0 Å². The second-order valence-electron chi connectivity index (χ2n) is 7.13. The van der Waals surface area contributed by atoms with E-state index in [9.17, 15) is 4.79 Å². The molecule has 102 valence electrons. The highest BCUT2D eigenvalue weighted by Gasteiger charge is 2.50. The summed E-state index contributed by atoms with van der Waals surface area (Å²) >= 11 is 0. The minimum Gasteiger partial charge on any atom is -0.381 e. The molecule has 0 aliphatic heterocycles. The van der Waals surface area contributed by atoms with Gasteiger partial charge in [0.15, 0.2) is 0 Å². The van der Waals surface area contributed by atoms with Gasteiger partial charge in [0.2, 0.25) is 0 Å². The SMILES string of the molecule is O=CCCCCOCC12CC3CC(CC(C3)C1)C2. The molecule has 4 bridgehead atoms. The van der Waals surface area contributed by atoms with Crippen LogP contribution < -0.4 is 0 Å². The first kappa shape index (κ1) is 12.7. The van der Waals surface area contributed by atoms with Crippen LogP contribution in [0.2, 0.25) is 0 Å². The molecule has 0 heterocycles. The Balaban J connectivity index is 1.43. The quantitative estimate of drug-likeness (QED) is 0.510. The van der Waals surface area contributed by atoms with Crippen molar-refractivity contribution in [2.24, 2.45) is 23.2 Å². The molecule has 2 nitrogen and oxygen atoms in total. The van der Waals surface area contributed by atoms with Crippen molar-refractivity contribution in [3.8, 4) is 0 Å². The predicted octanol–water partition coefficient (Wildman–Crippen LogP) is 3.59. The highest BCUT2D eigenvalue weighted by molar-refractivity contribution is 5.48. The minimum absolute atomic E-state index is 0.555. The van der Waals surface area contributed by atoms with E-state index in [1.807, 2.05) is 0 Å². The highest BCUT2D eigenvalue weighted by atomic mass is 16.5. The molecule has 0 saturated heterocycles. The second kappa shape index (κ2) is 5.32. The number of aldehydes is 1. The van der Waals surface area contributed by atoms with Crippen LogP contribution in [-0.2, 0) is 9.53 Å². The van der Waals surface area contributed by atoms with E-state index in [0.717, 1.165) is 50.1 Å². The van der Waals surface area contributed by atoms with Crippen LogP contribution in [0.1, 0.15) is 57.8 Å². The number of carbonyl (C=O) groups is 1. The van der Waals surface area contributed by atoms with Gasteiger partial charge in [0, 0.05) is 13.0 Å². The summed E-state index contributed by atoms with van der Waals surface area (Å²) in [6.07, 6.45) is 12.6. The summed E-state index contributed by atoms with van der Waals surface area (Å²) in [6.45, 7) is 1.85. The van der Waals surface area contributed by atoms with Crippen molar-refractivity contribution in [1.29, 1.82) is 0 Å². The maximum Gasteiger partial charge on any atom is 0.119 e. The summed E-state index contributed by atoms with van der Waals surface area (Å²) in [7, 11) is 0. The first-order valence-corrected chi connectivity index (χ1v) is 7.81. The number of carbonyl (C=O) groups excluding carboxylic acids is 1. The number of hydrogen-bond acceptors (Lipinski definition) is 2. The van der Waals surface area contributed by atoms with Gasteiger partial charge in [-0.15, -0.1) is 0 Å². The van der Waals surface area contributed by atoms with E-state index >= 15 is 0 Å². The van der Waals surface area contributed by atoms with Gasteiger partial charge < -0.3 is 9.53 Å². The summed E-state index contributed by atoms with van der Waals surface area (Å²) in [5.41, 5.74) is 0.555. The van der Waals surface area contributed by atoms with Crippen LogP contribution in [0.15, 0.2) is 0 Å². The summed E-state index contributed by atoms with van der Waals surface area (Å²) in [4.78, 5) is 10.2. The lowest BCUT2D eigenvalue weighted by Gasteiger charge is -2.56. The smallest absolute Gasteiger partial charge is 0.119 e. The number of rotatable bonds is 7. The molecule has 0 N–H and O–H groups in total. The van der Waals surface area contributed by atoms with Crippen molar-refractivity contribution in [2.75, 3.05) is 13.2 Å². The molecule has 0 aromatic carbocycles. The minimum atomic E-state index is 0.555. The first-order valence-electron chi connectivity index (χ1n) is 7.81. The average molecular weight is 250 g/mol. The lowest BCUT2D eigenvalue weighted by Crippen LogP contribution is -2.48. The lowest BCUT2D eigenvalue weighted by atomic mass is 9.50. The average Bonchev–Trinajstić information content (AvgIpc) is 2.32. The Bertz CT molecular complexity index is 262. The van der Waals surface area contributed by atoms with Crippen LogP contribution in [0.3, 0.4) is 0 Å². The Labute approximate surface area is 110 Å². The molecule has 18 heavy (non-hydrogen) atoms. The van der Waals surface area contributed by atoms with Crippen LogP contribution in [0.25, 0.3) is 0 Å². The Morgan fingerprint density at radius 3 is 2.17 bits per heavy atom. The summed E-state index contributed by atoms with van der Waals surface area (Å²) < 4.78 is 5.95. The maximum absolute atomic E-state index is 10.2. The molecule has 4 saturated carbocycles. The zero-order valence-corrected chi connectivity index (χ0v) is 11.4. The van der Waals surface area contributed by atoms with Gasteiger partial charge in [0.25, 0.3) is 0 Å². The molecule has 0 unspecified atom stereocenters. The molecular weight excluding hydrogens is 224 g/mol. The van der Waals surface area contributed by atoms with E-state index in [-0.39, 0.29) is 0 Å². The van der Waals surface area contributed by atoms with Crippen molar-refractivity contribution in [3.05, 3.63) is 0 Å². The number of hydrogen-bond donors (Lipinski definition) is 0. The van der Waals surface area contributed by atoms with Gasteiger partial charge in [-0.1, -0.05) is 0 Å². The van der Waals surface area contributed by atoms with Crippen molar-refractivity contribution >= 4 is 6.29 Å². The van der Waals surface area contributed by atoms with Crippen LogP contribution in [0.4, 0.5) is 0 Å². The monoisotopic (exact) mass is 250 g/mol. The van der Waals surface area contributed by atoms with Gasteiger partial charge in [-0.2, -0.15) is 0 Å². The molecule has 0 aromatic rings. The molecule has 4 fully saturated rings. The molecule has 0 spiro atoms. The van der Waals surface area contributed by atoms with Gasteiger partial charge in [0.05, 0.1) is 6.61 Å². The van der Waals surface area contributed by atoms with Gasteiger partial charge in [0.1, 0.15) is 6.29 Å². The zero-order chi connectivity index (χ0) is 12.4. The Morgan fingerprint density at radius 2 is 1.61 bits per heavy atom. The molecule has 2 heteroatoms. The topological polar surface area (TPSA) is 26.3 Å². The molecule has 4 aliphatic rings. The first-order chi connectivity index (χ1) is 8.80. The normalized spacial score (nSPS) is 41.2. The van der Waals surface area contributed by atoms with Crippen LogP contribution >= 0.6 is 0 Å². The van der Waals surface area contributed by atoms with Crippen LogP contribution in [0.5, 0.6) is 0 Å². The molecule has 0 radical (unpaired) electrons. The predicted molar refractivity (Wildman–Crippen MR) is 71.3 cm³/mol. The van der Waals surface area contributed by atoms with Crippen molar-refractivity contribution in [2.45, 2.75) is 57.8 Å². The van der Waals surface area contributed by atoms with Crippen molar-refractivity contribution < 1.29 is 9.53 Å². The van der Waals surface area contributed by atoms with E-state index in [1.54, 1.807) is 0 Å². The van der Waals surface area contributed by atoms with Crippen molar-refractivity contribution in [3.63, 3.8) is 0 Å². The standard InChI is InChI=1S/C16H26O2/c17-4-2-1-3-5-18-12-16-9-13-6-14(10-16)8-15(7-13)11-16/h4,13-15H,1-3,5-12H2. The van der Waals surface area contributed by atoms with Gasteiger partial charge in [-0.3, -0.25) is 0 Å². The number of unbranched alkanes of at least 4 members (excludes halogenated alkanes) is 2. The third-order valence-electron chi connectivity index (χ3n) is 5.43. The Morgan fingerprint density at radius 1 is 1.00 bits per heavy atom. The summed E-state index contributed by atoms with van der Waals surface area (Å²) in [6, 6.07) is 0. The molecule has 0 amide bonds. The largest absolute Gasteiger partial charge is 0.381 e. The number of ether oxygens (including phenoxy) is 1. The Hall–Kier alpha value is -0.370. The van der Waals surface area contributed by atoms with E-state index in [1.165, 1.54) is 38.5 Å². The van der Waals surface area contributed by atoms with E-state index in [0.29, 0.717) is 11.8 Å². The van der Waals surface area contributed by atoms with E-state index < -0.39 is 0 Å². The zero-order valence-electron chi connectivity index (χ0n) is 11.4. The van der Waals surface area contributed by atoms with E-state index in [4.69, 9.17) is 4.74 Å². The van der Waals surface area contributed by atoms with Crippen LogP contribution in [0, 0.1) is 23.2 Å². The fourth-order valence-electron chi connectivity index (χ4n) is 5.19.